The van der Waals surface area contributed by atoms with Crippen LogP contribution in [-0.2, 0) is 4.79 Å². The first kappa shape index (κ1) is 14.0. The maximum Gasteiger partial charge on any atom is 0.248 e. The molecule has 0 amide bonds. The number of carbonyl (C=O) groups is 1. The summed E-state index contributed by atoms with van der Waals surface area (Å²) in [6.45, 7) is 1.55. The molecule has 0 fully saturated rings. The molecular weight excluding hydrogens is 280 g/mol. The maximum atomic E-state index is 10.9. The maximum absolute atomic E-state index is 10.9. The smallest absolute Gasteiger partial charge is 0.248 e. The van der Waals surface area contributed by atoms with Crippen molar-refractivity contribution in [3.8, 4) is 28.7 Å². The second-order valence-electron chi connectivity index (χ2n) is 4.79. The molecule has 1 heterocycles. The summed E-state index contributed by atoms with van der Waals surface area (Å²) in [5.41, 5.74) is 1.67. The quantitative estimate of drug-likeness (QED) is 0.721. The van der Waals surface area contributed by atoms with Crippen LogP contribution >= 0.6 is 0 Å². The molecule has 0 bridgehead atoms. The summed E-state index contributed by atoms with van der Waals surface area (Å²) >= 11 is 0. The standard InChI is InChI=1S/C17H14N2O3/c1-12(20)11-21-15-9-7-14(8-10-15)17-19-18-16(22-17)13-5-3-2-4-6-13/h2-10H,11H2,1H3. The Labute approximate surface area is 127 Å². The van der Waals surface area contributed by atoms with Crippen molar-refractivity contribution in [2.24, 2.45) is 0 Å². The Hall–Kier alpha value is -2.95. The molecule has 22 heavy (non-hydrogen) atoms. The van der Waals surface area contributed by atoms with Gasteiger partial charge < -0.3 is 9.15 Å². The number of ether oxygens (including phenoxy) is 1. The highest BCUT2D eigenvalue weighted by Gasteiger charge is 2.10. The largest absolute Gasteiger partial charge is 0.486 e. The zero-order valence-corrected chi connectivity index (χ0v) is 12.0. The van der Waals surface area contributed by atoms with Gasteiger partial charge in [-0.1, -0.05) is 18.2 Å². The minimum atomic E-state index is -0.0199. The SMILES string of the molecule is CC(=O)COc1ccc(-c2nnc(-c3ccccc3)o2)cc1. The summed E-state index contributed by atoms with van der Waals surface area (Å²) in [5, 5.41) is 8.11. The van der Waals surface area contributed by atoms with E-state index in [4.69, 9.17) is 9.15 Å². The molecule has 0 spiro atoms. The predicted octanol–water partition coefficient (Wildman–Crippen LogP) is 3.37. The lowest BCUT2D eigenvalue weighted by atomic mass is 10.2. The second-order valence-corrected chi connectivity index (χ2v) is 4.79. The Morgan fingerprint density at radius 2 is 1.55 bits per heavy atom. The van der Waals surface area contributed by atoms with Gasteiger partial charge >= 0.3 is 0 Å². The van der Waals surface area contributed by atoms with Crippen LogP contribution in [0.2, 0.25) is 0 Å². The topological polar surface area (TPSA) is 65.2 Å². The highest BCUT2D eigenvalue weighted by Crippen LogP contribution is 2.25. The fourth-order valence-corrected chi connectivity index (χ4v) is 1.92. The summed E-state index contributed by atoms with van der Waals surface area (Å²) in [5.74, 6) is 1.53. The third-order valence-electron chi connectivity index (χ3n) is 2.99. The van der Waals surface area contributed by atoms with Gasteiger partial charge in [-0.2, -0.15) is 0 Å². The molecule has 5 nitrogen and oxygen atoms in total. The molecule has 3 rings (SSSR count). The summed E-state index contributed by atoms with van der Waals surface area (Å²) in [6.07, 6.45) is 0. The molecule has 0 aliphatic rings. The van der Waals surface area contributed by atoms with E-state index < -0.39 is 0 Å². The van der Waals surface area contributed by atoms with E-state index >= 15 is 0 Å². The third kappa shape index (κ3) is 3.20. The fraction of sp³-hybridized carbons (Fsp3) is 0.118. The Morgan fingerprint density at radius 1 is 0.955 bits per heavy atom. The van der Waals surface area contributed by atoms with Crippen LogP contribution in [0, 0.1) is 0 Å². The molecular formula is C17H14N2O3. The van der Waals surface area contributed by atoms with Crippen molar-refractivity contribution in [3.63, 3.8) is 0 Å². The van der Waals surface area contributed by atoms with Gasteiger partial charge in [-0.15, -0.1) is 10.2 Å². The normalized spacial score (nSPS) is 10.4. The number of hydrogen-bond acceptors (Lipinski definition) is 5. The zero-order chi connectivity index (χ0) is 15.4. The number of benzene rings is 2. The van der Waals surface area contributed by atoms with Crippen molar-refractivity contribution in [1.82, 2.24) is 10.2 Å². The van der Waals surface area contributed by atoms with Gasteiger partial charge in [0.05, 0.1) is 0 Å². The molecule has 0 radical (unpaired) electrons. The van der Waals surface area contributed by atoms with Gasteiger partial charge in [0.2, 0.25) is 11.8 Å². The Balaban J connectivity index is 1.77. The van der Waals surface area contributed by atoms with E-state index in [9.17, 15) is 4.79 Å². The van der Waals surface area contributed by atoms with Gasteiger partial charge in [0.25, 0.3) is 0 Å². The molecule has 0 aliphatic carbocycles. The molecule has 0 atom stereocenters. The van der Waals surface area contributed by atoms with Crippen LogP contribution in [0.1, 0.15) is 6.92 Å². The highest BCUT2D eigenvalue weighted by atomic mass is 16.5. The van der Waals surface area contributed by atoms with Crippen molar-refractivity contribution >= 4 is 5.78 Å². The number of carbonyl (C=O) groups excluding carboxylic acids is 1. The molecule has 0 unspecified atom stereocenters. The van der Waals surface area contributed by atoms with Gasteiger partial charge in [-0.05, 0) is 43.3 Å². The van der Waals surface area contributed by atoms with Gasteiger partial charge in [-0.25, -0.2) is 0 Å². The average Bonchev–Trinajstić information content (AvgIpc) is 3.04. The van der Waals surface area contributed by atoms with E-state index in [1.807, 2.05) is 42.5 Å². The number of aromatic nitrogens is 2. The van der Waals surface area contributed by atoms with E-state index in [-0.39, 0.29) is 12.4 Å². The first-order chi connectivity index (χ1) is 10.7. The van der Waals surface area contributed by atoms with Crippen LogP contribution in [0.4, 0.5) is 0 Å². The van der Waals surface area contributed by atoms with Crippen molar-refractivity contribution < 1.29 is 13.9 Å². The lowest BCUT2D eigenvalue weighted by Gasteiger charge is -2.03. The van der Waals surface area contributed by atoms with Crippen LogP contribution < -0.4 is 4.74 Å². The van der Waals surface area contributed by atoms with Gasteiger partial charge in [-0.3, -0.25) is 4.79 Å². The van der Waals surface area contributed by atoms with E-state index in [2.05, 4.69) is 10.2 Å². The second kappa shape index (κ2) is 6.22. The summed E-state index contributed by atoms with van der Waals surface area (Å²) in [6, 6.07) is 16.8. The van der Waals surface area contributed by atoms with Crippen molar-refractivity contribution in [2.45, 2.75) is 6.92 Å². The van der Waals surface area contributed by atoms with E-state index in [0.717, 1.165) is 11.1 Å². The molecule has 5 heteroatoms. The molecule has 0 saturated carbocycles. The number of nitrogens with zero attached hydrogens (tertiary/aromatic N) is 2. The number of hydrogen-bond donors (Lipinski definition) is 0. The Bertz CT molecular complexity index is 764. The first-order valence-corrected chi connectivity index (χ1v) is 6.84. The number of Topliss-reactive ketones (excluding diaryl/α,β-unsaturated/α-hetero) is 1. The molecule has 0 N–H and O–H groups in total. The number of rotatable bonds is 5. The Kier molecular flexibility index (Phi) is 3.96. The molecule has 0 aliphatic heterocycles. The van der Waals surface area contributed by atoms with E-state index in [1.165, 1.54) is 6.92 Å². The first-order valence-electron chi connectivity index (χ1n) is 6.84. The van der Waals surface area contributed by atoms with Gasteiger partial charge in [0, 0.05) is 11.1 Å². The van der Waals surface area contributed by atoms with E-state index in [0.29, 0.717) is 17.5 Å². The monoisotopic (exact) mass is 294 g/mol. The van der Waals surface area contributed by atoms with Crippen LogP contribution in [-0.4, -0.2) is 22.6 Å². The van der Waals surface area contributed by atoms with E-state index in [1.54, 1.807) is 12.1 Å². The summed E-state index contributed by atoms with van der Waals surface area (Å²) in [7, 11) is 0. The highest BCUT2D eigenvalue weighted by molar-refractivity contribution is 5.77. The van der Waals surface area contributed by atoms with Crippen LogP contribution in [0.15, 0.2) is 59.0 Å². The Morgan fingerprint density at radius 3 is 2.14 bits per heavy atom. The molecule has 0 saturated heterocycles. The van der Waals surface area contributed by atoms with Crippen LogP contribution in [0.5, 0.6) is 5.75 Å². The zero-order valence-electron chi connectivity index (χ0n) is 12.0. The van der Waals surface area contributed by atoms with Crippen LogP contribution in [0.3, 0.4) is 0 Å². The summed E-state index contributed by atoms with van der Waals surface area (Å²) in [4.78, 5) is 10.9. The third-order valence-corrected chi connectivity index (χ3v) is 2.99. The van der Waals surface area contributed by atoms with Gasteiger partial charge in [0.15, 0.2) is 5.78 Å². The minimum Gasteiger partial charge on any atom is -0.486 e. The van der Waals surface area contributed by atoms with Crippen molar-refractivity contribution in [3.05, 3.63) is 54.6 Å². The number of ketones is 1. The minimum absolute atomic E-state index is 0.0199. The molecule has 110 valence electrons. The lowest BCUT2D eigenvalue weighted by molar-refractivity contribution is -0.118. The average molecular weight is 294 g/mol. The van der Waals surface area contributed by atoms with Crippen molar-refractivity contribution in [1.29, 1.82) is 0 Å². The fourth-order valence-electron chi connectivity index (χ4n) is 1.92. The molecule has 1 aromatic heterocycles. The molecule has 2 aromatic carbocycles. The lowest BCUT2D eigenvalue weighted by Crippen LogP contribution is -2.06. The van der Waals surface area contributed by atoms with Crippen LogP contribution in [0.25, 0.3) is 22.9 Å². The summed E-state index contributed by atoms with van der Waals surface area (Å²) < 4.78 is 11.0. The predicted molar refractivity (Wildman–Crippen MR) is 81.3 cm³/mol. The molecule has 3 aromatic rings. The van der Waals surface area contributed by atoms with Crippen molar-refractivity contribution in [2.75, 3.05) is 6.61 Å². The van der Waals surface area contributed by atoms with Gasteiger partial charge in [0.1, 0.15) is 12.4 Å².